The van der Waals surface area contributed by atoms with Crippen LogP contribution < -0.4 is 5.43 Å². The van der Waals surface area contributed by atoms with Gasteiger partial charge in [0.05, 0.1) is 18.2 Å². The third kappa shape index (κ3) is 5.24. The van der Waals surface area contributed by atoms with Gasteiger partial charge in [-0.3, -0.25) is 10.2 Å². The molecule has 8 nitrogen and oxygen atoms in total. The number of piperazine rings is 1. The average Bonchev–Trinajstić information content (AvgIpc) is 3.57. The maximum atomic E-state index is 13.2. The Morgan fingerprint density at radius 3 is 2.47 bits per heavy atom. The molecular weight excluding hydrogens is 432 g/mol. The van der Waals surface area contributed by atoms with Crippen LogP contribution in [-0.2, 0) is 14.3 Å². The van der Waals surface area contributed by atoms with Crippen molar-refractivity contribution >= 4 is 12.0 Å². The van der Waals surface area contributed by atoms with E-state index in [1.165, 1.54) is 0 Å². The van der Waals surface area contributed by atoms with Crippen molar-refractivity contribution < 1.29 is 19.1 Å². The normalized spacial score (nSPS) is 35.5. The summed E-state index contributed by atoms with van der Waals surface area (Å²) in [6.45, 7) is 11.5. The molecule has 0 bridgehead atoms. The highest BCUT2D eigenvalue weighted by atomic mass is 16.6. The Bertz CT molecular complexity index is 738. The summed E-state index contributed by atoms with van der Waals surface area (Å²) in [6, 6.07) is 0.239. The molecule has 0 radical (unpaired) electrons. The first-order valence-corrected chi connectivity index (χ1v) is 13.8. The largest absolute Gasteiger partial charge is 0.447 e. The van der Waals surface area contributed by atoms with Gasteiger partial charge in [0.1, 0.15) is 0 Å². The highest BCUT2D eigenvalue weighted by Crippen LogP contribution is 2.42. The van der Waals surface area contributed by atoms with Crippen LogP contribution in [0.2, 0.25) is 0 Å². The number of rotatable bonds is 5. The van der Waals surface area contributed by atoms with Gasteiger partial charge >= 0.3 is 6.09 Å². The van der Waals surface area contributed by atoms with Gasteiger partial charge in [-0.05, 0) is 83.5 Å². The predicted octanol–water partition coefficient (Wildman–Crippen LogP) is 2.87. The van der Waals surface area contributed by atoms with Gasteiger partial charge in [-0.25, -0.2) is 9.80 Å². The maximum Gasteiger partial charge on any atom is 0.410 e. The molecule has 5 rings (SSSR count). The van der Waals surface area contributed by atoms with Gasteiger partial charge in [0.15, 0.2) is 0 Å². The van der Waals surface area contributed by atoms with Crippen LogP contribution in [0, 0.1) is 23.7 Å². The van der Waals surface area contributed by atoms with E-state index in [9.17, 15) is 9.59 Å². The number of fused-ring (bicyclic) bond motifs is 1. The molecule has 2 saturated carbocycles. The van der Waals surface area contributed by atoms with Gasteiger partial charge in [0.2, 0.25) is 5.91 Å². The van der Waals surface area contributed by atoms with Gasteiger partial charge in [0, 0.05) is 51.4 Å². The summed E-state index contributed by atoms with van der Waals surface area (Å²) in [6.07, 6.45) is 7.11. The average molecular weight is 477 g/mol. The van der Waals surface area contributed by atoms with Gasteiger partial charge in [-0.15, -0.1) is 0 Å². The van der Waals surface area contributed by atoms with Crippen molar-refractivity contribution in [1.29, 1.82) is 0 Å². The maximum absolute atomic E-state index is 13.2. The van der Waals surface area contributed by atoms with Crippen LogP contribution in [0.25, 0.3) is 0 Å². The van der Waals surface area contributed by atoms with E-state index in [4.69, 9.17) is 9.47 Å². The van der Waals surface area contributed by atoms with Crippen LogP contribution in [0.4, 0.5) is 4.79 Å². The van der Waals surface area contributed by atoms with Gasteiger partial charge < -0.3 is 19.3 Å². The molecule has 0 aromatic rings. The summed E-state index contributed by atoms with van der Waals surface area (Å²) < 4.78 is 11.2. The Labute approximate surface area is 204 Å². The second-order valence-electron chi connectivity index (χ2n) is 11.7. The van der Waals surface area contributed by atoms with Crippen LogP contribution in [0.5, 0.6) is 0 Å². The zero-order chi connectivity index (χ0) is 23.8. The van der Waals surface area contributed by atoms with E-state index in [1.54, 1.807) is 0 Å². The predicted molar refractivity (Wildman–Crippen MR) is 129 cm³/mol. The number of ether oxygens (including phenoxy) is 2. The Morgan fingerprint density at radius 2 is 1.76 bits per heavy atom. The van der Waals surface area contributed by atoms with Crippen LogP contribution in [0.15, 0.2) is 0 Å². The summed E-state index contributed by atoms with van der Waals surface area (Å²) in [5, 5.41) is 2.43. The first-order valence-electron chi connectivity index (χ1n) is 13.8. The molecule has 5 atom stereocenters. The van der Waals surface area contributed by atoms with Crippen molar-refractivity contribution in [3.8, 4) is 0 Å². The number of nitrogens with zero attached hydrogens (tertiary/aromatic N) is 3. The first-order chi connectivity index (χ1) is 16.4. The Hall–Kier alpha value is -1.38. The summed E-state index contributed by atoms with van der Waals surface area (Å²) >= 11 is 0. The molecule has 5 fully saturated rings. The standard InChI is InChI=1S/C26H44N4O4/c1-17(2)34-26(32)29-14-18(3)30(25(31)20-4-5-20)23-7-6-21(12-24(23)29)22-13-27-28(16-22)15-19-8-10-33-11-9-19/h17-24,27H,4-16H2,1-3H3/t18-,21?,22?,23?,24?/m0/s1. The molecule has 1 N–H and O–H groups in total. The van der Waals surface area contributed by atoms with Crippen molar-refractivity contribution in [2.24, 2.45) is 23.7 Å². The molecule has 2 amide bonds. The van der Waals surface area contributed by atoms with E-state index < -0.39 is 0 Å². The number of amides is 2. The SMILES string of the molecule is CC(C)OC(=O)N1C[C@H](C)N(C(=O)C2CC2)C2CCC(C3CNN(CC4CCOCC4)C3)CC21. The molecule has 5 aliphatic rings. The highest BCUT2D eigenvalue weighted by Gasteiger charge is 2.51. The van der Waals surface area contributed by atoms with Gasteiger partial charge in [0.25, 0.3) is 0 Å². The number of carbonyl (C=O) groups is 2. The fourth-order valence-corrected chi connectivity index (χ4v) is 6.84. The second-order valence-corrected chi connectivity index (χ2v) is 11.7. The van der Waals surface area contributed by atoms with Gasteiger partial charge in [-0.2, -0.15) is 0 Å². The quantitative estimate of drug-likeness (QED) is 0.658. The molecule has 0 aromatic heterocycles. The van der Waals surface area contributed by atoms with E-state index in [-0.39, 0.29) is 36.2 Å². The topological polar surface area (TPSA) is 74.4 Å². The minimum Gasteiger partial charge on any atom is -0.447 e. The Morgan fingerprint density at radius 1 is 1.00 bits per heavy atom. The molecule has 2 aliphatic carbocycles. The molecule has 4 unspecified atom stereocenters. The molecule has 34 heavy (non-hydrogen) atoms. The summed E-state index contributed by atoms with van der Waals surface area (Å²) in [4.78, 5) is 30.5. The smallest absolute Gasteiger partial charge is 0.410 e. The molecule has 3 aliphatic heterocycles. The second kappa shape index (κ2) is 10.3. The number of nitrogens with one attached hydrogen (secondary N) is 1. The molecular formula is C26H44N4O4. The van der Waals surface area contributed by atoms with E-state index in [0.717, 1.165) is 83.7 Å². The number of hydrogen-bond acceptors (Lipinski definition) is 6. The molecule has 0 aromatic carbocycles. The lowest BCUT2D eigenvalue weighted by Crippen LogP contribution is -2.67. The molecule has 3 heterocycles. The van der Waals surface area contributed by atoms with Crippen LogP contribution in [0.3, 0.4) is 0 Å². The lowest BCUT2D eigenvalue weighted by molar-refractivity contribution is -0.146. The van der Waals surface area contributed by atoms with Crippen molar-refractivity contribution in [1.82, 2.24) is 20.2 Å². The summed E-state index contributed by atoms with van der Waals surface area (Å²) in [5.74, 6) is 2.42. The third-order valence-corrected chi connectivity index (χ3v) is 8.79. The third-order valence-electron chi connectivity index (χ3n) is 8.79. The molecule has 192 valence electrons. The number of carbonyl (C=O) groups excluding carboxylic acids is 2. The summed E-state index contributed by atoms with van der Waals surface area (Å²) in [7, 11) is 0. The number of hydrazine groups is 1. The van der Waals surface area contributed by atoms with Crippen molar-refractivity contribution in [2.45, 2.75) is 89.9 Å². The fraction of sp³-hybridized carbons (Fsp3) is 0.923. The van der Waals surface area contributed by atoms with Gasteiger partial charge in [-0.1, -0.05) is 0 Å². The molecule has 0 spiro atoms. The monoisotopic (exact) mass is 476 g/mol. The van der Waals surface area contributed by atoms with Crippen LogP contribution in [-0.4, -0.2) is 90.4 Å². The van der Waals surface area contributed by atoms with Crippen molar-refractivity contribution in [3.05, 3.63) is 0 Å². The lowest BCUT2D eigenvalue weighted by atomic mass is 9.73. The molecule has 3 saturated heterocycles. The van der Waals surface area contributed by atoms with E-state index in [0.29, 0.717) is 24.3 Å². The van der Waals surface area contributed by atoms with Crippen LogP contribution >= 0.6 is 0 Å². The zero-order valence-corrected chi connectivity index (χ0v) is 21.3. The minimum absolute atomic E-state index is 0.0497. The Kier molecular flexibility index (Phi) is 7.38. The summed E-state index contributed by atoms with van der Waals surface area (Å²) in [5.41, 5.74) is 3.66. The minimum atomic E-state index is -0.207. The van der Waals surface area contributed by atoms with Crippen molar-refractivity contribution in [2.75, 3.05) is 39.4 Å². The van der Waals surface area contributed by atoms with E-state index >= 15 is 0 Å². The lowest BCUT2D eigenvalue weighted by Gasteiger charge is -2.54. The van der Waals surface area contributed by atoms with E-state index in [1.807, 2.05) is 18.7 Å². The molecule has 8 heteroatoms. The van der Waals surface area contributed by atoms with Crippen molar-refractivity contribution in [3.63, 3.8) is 0 Å². The zero-order valence-electron chi connectivity index (χ0n) is 21.3. The van der Waals surface area contributed by atoms with Crippen LogP contribution in [0.1, 0.15) is 65.7 Å². The fourth-order valence-electron chi connectivity index (χ4n) is 6.84. The first kappa shape index (κ1) is 24.3. The highest BCUT2D eigenvalue weighted by molar-refractivity contribution is 5.82. The Balaban J connectivity index is 1.26. The van der Waals surface area contributed by atoms with E-state index in [2.05, 4.69) is 22.3 Å². The number of hydrogen-bond donors (Lipinski definition) is 1.